The minimum Gasteiger partial charge on any atom is -0.493 e. The molecular weight excluding hydrogens is 510 g/mol. The number of amides is 2. The summed E-state index contributed by atoms with van der Waals surface area (Å²) in [4.78, 5) is 22.3. The van der Waals surface area contributed by atoms with Crippen molar-refractivity contribution in [3.05, 3.63) is 57.0 Å². The quantitative estimate of drug-likeness (QED) is 0.556. The van der Waals surface area contributed by atoms with Crippen LogP contribution in [0.3, 0.4) is 0 Å². The molecule has 9 heteroatoms. The number of ether oxygens (including phenoxy) is 2. The molecule has 0 spiro atoms. The molecule has 174 valence electrons. The molecule has 0 aromatic heterocycles. The van der Waals surface area contributed by atoms with Crippen LogP contribution >= 0.6 is 27.5 Å². The van der Waals surface area contributed by atoms with Crippen LogP contribution < -0.4 is 20.1 Å². The Bertz CT molecular complexity index is 1040. The molecule has 3 aliphatic rings. The van der Waals surface area contributed by atoms with Gasteiger partial charge >= 0.3 is 0 Å². The summed E-state index contributed by atoms with van der Waals surface area (Å²) in [5.41, 5.74) is 1.11. The van der Waals surface area contributed by atoms with E-state index in [9.17, 15) is 9.59 Å². The fourth-order valence-electron chi connectivity index (χ4n) is 3.13. The van der Waals surface area contributed by atoms with Gasteiger partial charge in [-0.25, -0.2) is 0 Å². The van der Waals surface area contributed by atoms with E-state index in [1.165, 1.54) is 0 Å². The number of rotatable bonds is 2. The fourth-order valence-corrected chi connectivity index (χ4v) is 3.75. The van der Waals surface area contributed by atoms with Gasteiger partial charge in [0, 0.05) is 11.0 Å². The predicted molar refractivity (Wildman–Crippen MR) is 129 cm³/mol. The zero-order valence-corrected chi connectivity index (χ0v) is 20.4. The van der Waals surface area contributed by atoms with Crippen LogP contribution in [-0.2, 0) is 11.2 Å². The lowest BCUT2D eigenvalue weighted by Gasteiger charge is -2.14. The number of nitrogens with zero attached hydrogens (tertiary/aromatic N) is 1. The standard InChI is InChI=1S/C19H19BrClNO3.C5H6N2O/c20-14-4-6-17-15(12-14)19(23)22-8-7-13-3-5-18(16(21)11-13)25-10-2-1-9-24-17;6-3-5(1-2-5)7-4-8/h3-6,11-12H,1-2,7-10H2,(H,22,23);4H,1-2H2,(H,7,8). The lowest BCUT2D eigenvalue weighted by Crippen LogP contribution is -2.27. The van der Waals surface area contributed by atoms with Gasteiger partial charge in [0.25, 0.3) is 5.91 Å². The third-order valence-corrected chi connectivity index (χ3v) is 6.02. The molecule has 1 fully saturated rings. The first-order valence-corrected chi connectivity index (χ1v) is 11.9. The molecule has 1 aliphatic carbocycles. The van der Waals surface area contributed by atoms with Crippen LogP contribution in [-0.4, -0.2) is 37.6 Å². The highest BCUT2D eigenvalue weighted by Gasteiger charge is 2.42. The second kappa shape index (κ2) is 11.9. The number of carbonyl (C=O) groups excluding carboxylic acids is 2. The number of nitriles is 1. The van der Waals surface area contributed by atoms with Crippen LogP contribution in [0.25, 0.3) is 0 Å². The average Bonchev–Trinajstić information content (AvgIpc) is 3.58. The van der Waals surface area contributed by atoms with E-state index < -0.39 is 5.54 Å². The minimum absolute atomic E-state index is 0.144. The van der Waals surface area contributed by atoms with E-state index in [2.05, 4.69) is 26.6 Å². The molecule has 2 aliphatic heterocycles. The zero-order chi connectivity index (χ0) is 23.7. The molecule has 7 nitrogen and oxygen atoms in total. The molecule has 0 radical (unpaired) electrons. The summed E-state index contributed by atoms with van der Waals surface area (Å²) in [6.07, 6.45) is 4.56. The number of carbonyl (C=O) groups is 2. The lowest BCUT2D eigenvalue weighted by atomic mass is 10.1. The summed E-state index contributed by atoms with van der Waals surface area (Å²) in [5, 5.41) is 14.3. The molecule has 2 aromatic rings. The molecule has 1 saturated carbocycles. The SMILES string of the molecule is N#CC1(NC=O)CC1.O=C1NCCc2ccc(c(Cl)c2)OCCCCOc2ccc(Br)cc21. The van der Waals surface area contributed by atoms with Crippen molar-refractivity contribution >= 4 is 39.8 Å². The molecular formula is C24H25BrClN3O4. The Balaban J connectivity index is 0.000000323. The van der Waals surface area contributed by atoms with Gasteiger partial charge < -0.3 is 20.1 Å². The predicted octanol–water partition coefficient (Wildman–Crippen LogP) is 4.41. The smallest absolute Gasteiger partial charge is 0.255 e. The van der Waals surface area contributed by atoms with E-state index in [-0.39, 0.29) is 5.91 Å². The van der Waals surface area contributed by atoms with Gasteiger partial charge in [-0.3, -0.25) is 9.59 Å². The first-order chi connectivity index (χ1) is 16.0. The first kappa shape index (κ1) is 24.9. The highest BCUT2D eigenvalue weighted by atomic mass is 79.9. The number of hydrogen-bond donors (Lipinski definition) is 2. The van der Waals surface area contributed by atoms with Gasteiger partial charge in [0.1, 0.15) is 17.0 Å². The molecule has 2 heterocycles. The van der Waals surface area contributed by atoms with Crippen LogP contribution in [0.2, 0.25) is 5.02 Å². The normalized spacial score (nSPS) is 16.9. The summed E-state index contributed by atoms with van der Waals surface area (Å²) in [7, 11) is 0. The van der Waals surface area contributed by atoms with Crippen molar-refractivity contribution in [2.45, 2.75) is 37.6 Å². The van der Waals surface area contributed by atoms with Crippen molar-refractivity contribution < 1.29 is 19.1 Å². The number of nitrogens with one attached hydrogen (secondary N) is 2. The Kier molecular flexibility index (Phi) is 8.98. The van der Waals surface area contributed by atoms with Crippen LogP contribution in [0.4, 0.5) is 0 Å². The van der Waals surface area contributed by atoms with Gasteiger partial charge in [0.2, 0.25) is 6.41 Å². The monoisotopic (exact) mass is 533 g/mol. The molecule has 5 rings (SSSR count). The molecule has 0 unspecified atom stereocenters. The topological polar surface area (TPSA) is 100 Å². The lowest BCUT2D eigenvalue weighted by molar-refractivity contribution is -0.110. The number of halogens is 2. The highest BCUT2D eigenvalue weighted by Crippen LogP contribution is 2.33. The van der Waals surface area contributed by atoms with Gasteiger partial charge in [-0.15, -0.1) is 0 Å². The maximum absolute atomic E-state index is 12.5. The Morgan fingerprint density at radius 3 is 2.42 bits per heavy atom. The van der Waals surface area contributed by atoms with Crippen molar-refractivity contribution in [1.82, 2.24) is 10.6 Å². The third-order valence-electron chi connectivity index (χ3n) is 5.23. The second-order valence-corrected chi connectivity index (χ2v) is 9.09. The third kappa shape index (κ3) is 7.37. The van der Waals surface area contributed by atoms with Gasteiger partial charge in [0.15, 0.2) is 0 Å². The van der Waals surface area contributed by atoms with Crippen LogP contribution in [0.1, 0.15) is 41.6 Å². The summed E-state index contributed by atoms with van der Waals surface area (Å²) in [6, 6.07) is 13.2. The molecule has 2 bridgehead atoms. The van der Waals surface area contributed by atoms with Crippen LogP contribution in [0.5, 0.6) is 11.5 Å². The number of hydrogen-bond acceptors (Lipinski definition) is 5. The minimum atomic E-state index is -0.470. The molecule has 2 aromatic carbocycles. The van der Waals surface area contributed by atoms with Crippen LogP contribution in [0.15, 0.2) is 40.9 Å². The fraction of sp³-hybridized carbons (Fsp3) is 0.375. The van der Waals surface area contributed by atoms with E-state index in [1.807, 2.05) is 36.4 Å². The Morgan fingerprint density at radius 2 is 1.82 bits per heavy atom. The van der Waals surface area contributed by atoms with E-state index in [4.69, 9.17) is 26.3 Å². The Morgan fingerprint density at radius 1 is 1.12 bits per heavy atom. The summed E-state index contributed by atoms with van der Waals surface area (Å²) in [6.45, 7) is 1.62. The van der Waals surface area contributed by atoms with Crippen molar-refractivity contribution in [3.63, 3.8) is 0 Å². The van der Waals surface area contributed by atoms with Crippen molar-refractivity contribution in [2.75, 3.05) is 19.8 Å². The molecule has 2 amide bonds. The first-order valence-electron chi connectivity index (χ1n) is 10.7. The van der Waals surface area contributed by atoms with Crippen molar-refractivity contribution in [2.24, 2.45) is 0 Å². The van der Waals surface area contributed by atoms with Gasteiger partial charge in [-0.05, 0) is 68.0 Å². The van der Waals surface area contributed by atoms with E-state index >= 15 is 0 Å². The Labute approximate surface area is 206 Å². The molecule has 2 N–H and O–H groups in total. The largest absolute Gasteiger partial charge is 0.493 e. The highest BCUT2D eigenvalue weighted by molar-refractivity contribution is 9.10. The molecule has 0 saturated heterocycles. The van der Waals surface area contributed by atoms with Crippen LogP contribution in [0, 0.1) is 11.3 Å². The van der Waals surface area contributed by atoms with Gasteiger partial charge in [0.05, 0.1) is 29.9 Å². The number of benzene rings is 2. The van der Waals surface area contributed by atoms with Gasteiger partial charge in [-0.2, -0.15) is 5.26 Å². The average molecular weight is 535 g/mol. The maximum atomic E-state index is 12.5. The summed E-state index contributed by atoms with van der Waals surface area (Å²) < 4.78 is 12.4. The van der Waals surface area contributed by atoms with E-state index in [0.29, 0.717) is 54.7 Å². The second-order valence-electron chi connectivity index (χ2n) is 7.77. The Hall–Kier alpha value is -2.76. The van der Waals surface area contributed by atoms with E-state index in [1.54, 1.807) is 6.07 Å². The molecule has 33 heavy (non-hydrogen) atoms. The molecule has 0 atom stereocenters. The van der Waals surface area contributed by atoms with Gasteiger partial charge in [-0.1, -0.05) is 33.6 Å². The van der Waals surface area contributed by atoms with E-state index in [0.717, 1.165) is 35.7 Å². The van der Waals surface area contributed by atoms with Crippen molar-refractivity contribution in [1.29, 1.82) is 5.26 Å². The zero-order valence-electron chi connectivity index (χ0n) is 18.0. The summed E-state index contributed by atoms with van der Waals surface area (Å²) >= 11 is 9.67. The number of fused-ring (bicyclic) bond motifs is 10. The van der Waals surface area contributed by atoms with Crippen molar-refractivity contribution in [3.8, 4) is 17.6 Å². The summed E-state index contributed by atoms with van der Waals surface area (Å²) in [5.74, 6) is 1.15. The maximum Gasteiger partial charge on any atom is 0.255 e.